The van der Waals surface area contributed by atoms with Gasteiger partial charge in [-0.25, -0.2) is 0 Å². The lowest BCUT2D eigenvalue weighted by molar-refractivity contribution is 0.832. The first-order chi connectivity index (χ1) is 3.27. The number of hydrogen-bond acceptors (Lipinski definition) is 0. The van der Waals surface area contributed by atoms with Gasteiger partial charge in [0.1, 0.15) is 0 Å². The van der Waals surface area contributed by atoms with Gasteiger partial charge in [-0.2, -0.15) is 0 Å². The summed E-state index contributed by atoms with van der Waals surface area (Å²) in [5, 5.41) is 0. The Labute approximate surface area is 45.5 Å². The van der Waals surface area contributed by atoms with Gasteiger partial charge in [0, 0.05) is 0 Å². The molecule has 0 saturated heterocycles. The van der Waals surface area contributed by atoms with Crippen molar-refractivity contribution < 1.29 is 0 Å². The fourth-order valence-corrected chi connectivity index (χ4v) is 0.301. The minimum absolute atomic E-state index is 0.651. The molecule has 7 heavy (non-hydrogen) atoms. The number of allylic oxidation sites excluding steroid dienone is 3. The minimum Gasteiger partial charge on any atom is -0.0991 e. The summed E-state index contributed by atoms with van der Waals surface area (Å²) in [7, 11) is 0. The highest BCUT2D eigenvalue weighted by Crippen LogP contribution is 1.91. The van der Waals surface area contributed by atoms with Crippen LogP contribution in [0.2, 0.25) is 0 Å². The summed E-state index contributed by atoms with van der Waals surface area (Å²) < 4.78 is 0. The molecule has 0 radical (unpaired) electrons. The van der Waals surface area contributed by atoms with Crippen LogP contribution in [0.3, 0.4) is 0 Å². The molecular weight excluding hydrogens is 84.1 g/mol. The van der Waals surface area contributed by atoms with Crippen LogP contribution in [0.25, 0.3) is 0 Å². The zero-order chi connectivity index (χ0) is 5.70. The van der Waals surface area contributed by atoms with E-state index in [9.17, 15) is 0 Å². The molecule has 0 atom stereocenters. The molecule has 0 aromatic carbocycles. The van der Waals surface area contributed by atoms with Crippen molar-refractivity contribution in [3.05, 3.63) is 24.8 Å². The van der Waals surface area contributed by atoms with Crippen molar-refractivity contribution in [2.75, 3.05) is 0 Å². The van der Waals surface area contributed by atoms with Crippen molar-refractivity contribution in [3.8, 4) is 0 Å². The molecule has 0 N–H and O–H groups in total. The van der Waals surface area contributed by atoms with Gasteiger partial charge in [0.15, 0.2) is 0 Å². The van der Waals surface area contributed by atoms with Crippen LogP contribution < -0.4 is 0 Å². The Morgan fingerprint density at radius 1 is 1.43 bits per heavy atom. The van der Waals surface area contributed by atoms with Gasteiger partial charge in [-0.15, -0.1) is 0 Å². The Bertz CT molecular complexity index is 68.1. The van der Waals surface area contributed by atoms with E-state index in [0.29, 0.717) is 5.92 Å². The van der Waals surface area contributed by atoms with E-state index in [1.807, 2.05) is 6.08 Å². The van der Waals surface area contributed by atoms with E-state index in [1.165, 1.54) is 0 Å². The molecule has 0 heterocycles. The van der Waals surface area contributed by atoms with E-state index in [1.54, 1.807) is 6.08 Å². The number of hydrogen-bond donors (Lipinski definition) is 0. The molecule has 0 nitrogen and oxygen atoms in total. The molecule has 40 valence electrons. The van der Waals surface area contributed by atoms with E-state index in [-0.39, 0.29) is 0 Å². The van der Waals surface area contributed by atoms with Crippen molar-refractivity contribution in [2.45, 2.75) is 13.8 Å². The Morgan fingerprint density at radius 3 is 2.14 bits per heavy atom. The van der Waals surface area contributed by atoms with Crippen LogP contribution in [0.15, 0.2) is 24.8 Å². The Balaban J connectivity index is 3.25. The van der Waals surface area contributed by atoms with Gasteiger partial charge in [0.25, 0.3) is 0 Å². The van der Waals surface area contributed by atoms with E-state index in [0.717, 1.165) is 0 Å². The summed E-state index contributed by atoms with van der Waals surface area (Å²) in [4.78, 5) is 0. The molecule has 0 aromatic rings. The number of rotatable bonds is 2. The maximum Gasteiger partial charge on any atom is -0.0287 e. The maximum atomic E-state index is 3.55. The zero-order valence-electron chi connectivity index (χ0n) is 5.02. The molecule has 0 aliphatic carbocycles. The fourth-order valence-electron chi connectivity index (χ4n) is 0.301. The molecule has 0 amide bonds. The third-order valence-electron chi connectivity index (χ3n) is 0.632. The Kier molecular flexibility index (Phi) is 3.39. The largest absolute Gasteiger partial charge is 0.0991 e. The van der Waals surface area contributed by atoms with E-state index < -0.39 is 0 Å². The van der Waals surface area contributed by atoms with Crippen molar-refractivity contribution in [3.63, 3.8) is 0 Å². The first kappa shape index (κ1) is 6.48. The van der Waals surface area contributed by atoms with Crippen LogP contribution in [-0.2, 0) is 0 Å². The smallest absolute Gasteiger partial charge is 0.0287 e. The maximum absolute atomic E-state index is 3.55. The van der Waals surface area contributed by atoms with Gasteiger partial charge in [-0.3, -0.25) is 0 Å². The molecule has 0 rings (SSSR count). The van der Waals surface area contributed by atoms with Crippen LogP contribution in [0.5, 0.6) is 0 Å². The second kappa shape index (κ2) is 3.66. The SMILES string of the molecule is C=CC=CC(C)C. The summed E-state index contributed by atoms with van der Waals surface area (Å²) in [5.74, 6) is 0.651. The molecule has 0 fully saturated rings. The fraction of sp³-hybridized carbons (Fsp3) is 0.429. The van der Waals surface area contributed by atoms with Crippen LogP contribution in [0, 0.1) is 5.92 Å². The van der Waals surface area contributed by atoms with E-state index in [2.05, 4.69) is 26.5 Å². The first-order valence-electron chi connectivity index (χ1n) is 2.56. The summed E-state index contributed by atoms with van der Waals surface area (Å²) in [5.41, 5.74) is 0. The van der Waals surface area contributed by atoms with Crippen molar-refractivity contribution in [1.82, 2.24) is 0 Å². The molecule has 0 aliphatic heterocycles. The molecule has 0 unspecified atom stereocenters. The van der Waals surface area contributed by atoms with Gasteiger partial charge in [-0.05, 0) is 5.92 Å². The van der Waals surface area contributed by atoms with Gasteiger partial charge >= 0.3 is 0 Å². The van der Waals surface area contributed by atoms with Gasteiger partial charge in [-0.1, -0.05) is 38.7 Å². The summed E-state index contributed by atoms with van der Waals surface area (Å²) in [6, 6.07) is 0. The zero-order valence-corrected chi connectivity index (χ0v) is 5.02. The third-order valence-corrected chi connectivity index (χ3v) is 0.632. The lowest BCUT2D eigenvalue weighted by Gasteiger charge is -1.87. The molecule has 0 saturated carbocycles. The molecule has 0 spiro atoms. The molecule has 0 bridgehead atoms. The van der Waals surface area contributed by atoms with Crippen LogP contribution in [-0.4, -0.2) is 0 Å². The first-order valence-corrected chi connectivity index (χ1v) is 2.56. The predicted octanol–water partition coefficient (Wildman–Crippen LogP) is 2.38. The highest BCUT2D eigenvalue weighted by molar-refractivity contribution is 4.98. The lowest BCUT2D eigenvalue weighted by atomic mass is 10.2. The third kappa shape index (κ3) is 5.48. The second-order valence-corrected chi connectivity index (χ2v) is 1.86. The van der Waals surface area contributed by atoms with Crippen molar-refractivity contribution in [1.29, 1.82) is 0 Å². The monoisotopic (exact) mass is 96.1 g/mol. The van der Waals surface area contributed by atoms with E-state index >= 15 is 0 Å². The average Bonchev–Trinajstić information content (AvgIpc) is 1.61. The van der Waals surface area contributed by atoms with E-state index in [4.69, 9.17) is 0 Å². The average molecular weight is 96.2 g/mol. The Hall–Kier alpha value is -0.520. The predicted molar refractivity (Wildman–Crippen MR) is 34.2 cm³/mol. The highest BCUT2D eigenvalue weighted by atomic mass is 13.8. The summed E-state index contributed by atoms with van der Waals surface area (Å²) in [6.07, 6.45) is 5.86. The summed E-state index contributed by atoms with van der Waals surface area (Å²) >= 11 is 0. The highest BCUT2D eigenvalue weighted by Gasteiger charge is 1.77. The van der Waals surface area contributed by atoms with Crippen LogP contribution in [0.1, 0.15) is 13.8 Å². The normalized spacial score (nSPS) is 10.7. The minimum atomic E-state index is 0.651. The van der Waals surface area contributed by atoms with Crippen molar-refractivity contribution >= 4 is 0 Å². The molecule has 0 heteroatoms. The van der Waals surface area contributed by atoms with Crippen molar-refractivity contribution in [2.24, 2.45) is 5.92 Å². The molecule has 0 aliphatic rings. The van der Waals surface area contributed by atoms with Gasteiger partial charge in [0.2, 0.25) is 0 Å². The molecular formula is C7H12. The van der Waals surface area contributed by atoms with Gasteiger partial charge in [0.05, 0.1) is 0 Å². The standard InChI is InChI=1S/C7H12/c1-4-5-6-7(2)3/h4-7H,1H2,2-3H3. The van der Waals surface area contributed by atoms with Crippen LogP contribution in [0.4, 0.5) is 0 Å². The summed E-state index contributed by atoms with van der Waals surface area (Å²) in [6.45, 7) is 7.82. The molecule has 0 aromatic heterocycles. The quantitative estimate of drug-likeness (QED) is 0.463. The van der Waals surface area contributed by atoms with Gasteiger partial charge < -0.3 is 0 Å². The second-order valence-electron chi connectivity index (χ2n) is 1.86. The Morgan fingerprint density at radius 2 is 2.00 bits per heavy atom. The topological polar surface area (TPSA) is 0 Å². The van der Waals surface area contributed by atoms with Crippen LogP contribution >= 0.6 is 0 Å². The lowest BCUT2D eigenvalue weighted by Crippen LogP contribution is -1.73.